The maximum Gasteiger partial charge on any atom is 0.549 e. The van der Waals surface area contributed by atoms with Crippen molar-refractivity contribution in [3.8, 4) is 0 Å². The lowest BCUT2D eigenvalue weighted by Gasteiger charge is -0.944. The fraction of sp³-hybridized carbons (Fsp3) is 0. The van der Waals surface area contributed by atoms with Crippen LogP contribution in [0.15, 0.2) is 0 Å². The van der Waals surface area contributed by atoms with Crippen molar-refractivity contribution in [1.82, 2.24) is 0 Å². The third kappa shape index (κ3) is 39.9. The molecule has 0 amide bonds. The van der Waals surface area contributed by atoms with Gasteiger partial charge in [0.25, 0.3) is 0 Å². The molecule has 0 heterocycles. The Kier molecular flexibility index (Phi) is 63.8. The van der Waals surface area contributed by atoms with E-state index in [1.807, 2.05) is 0 Å². The highest BCUT2D eigenvalue weighted by Crippen LogP contribution is 0.759. The maximum atomic E-state index is 8.40. The molecule has 0 saturated heterocycles. The minimum Gasteiger partial charge on any atom is -0.274 e. The lowest BCUT2D eigenvalue weighted by Crippen LogP contribution is -1.26. The molecule has 0 unspecified atom stereocenters. The molecule has 0 bridgehead atoms. The van der Waals surface area contributed by atoms with E-state index in [9.17, 15) is 0 Å². The minimum absolute atomic E-state index is 0. The monoisotopic (exact) mass is 116 g/mol. The van der Waals surface area contributed by atoms with Gasteiger partial charge in [0, 0.05) is 0 Å². The second-order valence-corrected chi connectivity index (χ2v) is 0.250. The van der Waals surface area contributed by atoms with Gasteiger partial charge in [-0.3, -0.25) is 8.92 Å². The molecule has 0 aromatic heterocycles. The highest BCUT2D eigenvalue weighted by atomic mass is 28.2. The van der Waals surface area contributed by atoms with Crippen LogP contribution in [0, 0.1) is 0 Å². The predicted octanol–water partition coefficient (Wildman–Crippen LogP) is -2.72. The topological polar surface area (TPSA) is 34.1 Å². The summed E-state index contributed by atoms with van der Waals surface area (Å²) in [5.74, 6) is 0. The van der Waals surface area contributed by atoms with Crippen LogP contribution < -0.4 is 0 Å². The zero-order valence-electron chi connectivity index (χ0n) is 1.32. The van der Waals surface area contributed by atoms with Gasteiger partial charge in [0.1, 0.15) is 0 Å². The molecule has 0 atom stereocenters. The van der Waals surface area contributed by atoms with E-state index in [1.54, 1.807) is 0 Å². The SMILES string of the molecule is O=[Si]=O.[AlH3].[MgH2]. The Morgan fingerprint density at radius 2 is 1.20 bits per heavy atom. The number of rotatable bonds is 0. The summed E-state index contributed by atoms with van der Waals surface area (Å²) in [7, 11) is -1.42. The third-order valence-electron chi connectivity index (χ3n) is 0. The smallest absolute Gasteiger partial charge is 0.274 e. The largest absolute Gasteiger partial charge is 0.549 e. The molecule has 0 N–H and O–H groups in total. The molecule has 0 aliphatic rings. The van der Waals surface area contributed by atoms with E-state index in [4.69, 9.17) is 8.92 Å². The second-order valence-electron chi connectivity index (χ2n) is 0.0833. The summed E-state index contributed by atoms with van der Waals surface area (Å²) in [6.07, 6.45) is 0. The normalized spacial score (nSPS) is 1.60. The van der Waals surface area contributed by atoms with Crippen LogP contribution in [0.3, 0.4) is 0 Å². The van der Waals surface area contributed by atoms with E-state index in [2.05, 4.69) is 0 Å². The molecule has 0 rings (SSSR count). The first-order valence-corrected chi connectivity index (χ1v) is 1.22. The Labute approximate surface area is 58.5 Å². The van der Waals surface area contributed by atoms with Gasteiger partial charge in [-0.1, -0.05) is 0 Å². The van der Waals surface area contributed by atoms with Crippen LogP contribution >= 0.6 is 0 Å². The van der Waals surface area contributed by atoms with Gasteiger partial charge in [-0.2, -0.15) is 0 Å². The van der Waals surface area contributed by atoms with Crippen LogP contribution in [-0.2, 0) is 8.92 Å². The summed E-state index contributed by atoms with van der Waals surface area (Å²) in [6, 6.07) is 0. The molecule has 5 heavy (non-hydrogen) atoms. The van der Waals surface area contributed by atoms with Crippen molar-refractivity contribution in [2.24, 2.45) is 0 Å². The fourth-order valence-electron chi connectivity index (χ4n) is 0. The molecular weight excluding hydrogens is 111 g/mol. The summed E-state index contributed by atoms with van der Waals surface area (Å²) >= 11 is 0. The van der Waals surface area contributed by atoms with Crippen molar-refractivity contribution in [1.29, 1.82) is 0 Å². The summed E-state index contributed by atoms with van der Waals surface area (Å²) in [6.45, 7) is 0. The van der Waals surface area contributed by atoms with Gasteiger partial charge in [0.15, 0.2) is 17.4 Å². The van der Waals surface area contributed by atoms with Crippen molar-refractivity contribution >= 4 is 49.7 Å². The predicted molar refractivity (Wildman–Crippen MR) is 25.6 cm³/mol. The fourth-order valence-corrected chi connectivity index (χ4v) is 0. The van der Waals surface area contributed by atoms with Gasteiger partial charge in [0.2, 0.25) is 0 Å². The lowest BCUT2D eigenvalue weighted by molar-refractivity contribution is 0.497. The molecule has 0 aliphatic heterocycles. The van der Waals surface area contributed by atoms with Gasteiger partial charge in [0.05, 0.1) is 0 Å². The molecule has 0 fully saturated rings. The molecule has 0 aliphatic carbocycles. The Balaban J connectivity index is -0.0000000200. The first-order valence-electron chi connectivity index (χ1n) is 0.408. The van der Waals surface area contributed by atoms with Crippen LogP contribution in [0.1, 0.15) is 0 Å². The van der Waals surface area contributed by atoms with Crippen molar-refractivity contribution in [2.75, 3.05) is 0 Å². The average Bonchev–Trinajstić information content (AvgIpc) is 0.918. The summed E-state index contributed by atoms with van der Waals surface area (Å²) in [5, 5.41) is 0. The highest BCUT2D eigenvalue weighted by Gasteiger charge is 1.22. The van der Waals surface area contributed by atoms with Crippen LogP contribution in [-0.4, -0.2) is 49.7 Å². The van der Waals surface area contributed by atoms with Gasteiger partial charge in [-0.05, 0) is 0 Å². The van der Waals surface area contributed by atoms with Gasteiger partial charge >= 0.3 is 32.3 Å². The molecule has 0 spiro atoms. The second kappa shape index (κ2) is 19.4. The van der Waals surface area contributed by atoms with E-state index in [1.165, 1.54) is 0 Å². The zero-order chi connectivity index (χ0) is 2.71. The Hall–Kier alpha value is 1.12. The van der Waals surface area contributed by atoms with Crippen LogP contribution in [0.2, 0.25) is 0 Å². The first kappa shape index (κ1) is 16.5. The molecule has 26 valence electrons. The van der Waals surface area contributed by atoms with Gasteiger partial charge in [-0.15, -0.1) is 0 Å². The Bertz CT molecular complexity index is 30.6. The first-order chi connectivity index (χ1) is 1.41. The molecule has 0 saturated carbocycles. The lowest BCUT2D eigenvalue weighted by atomic mass is 15.9. The van der Waals surface area contributed by atoms with E-state index < -0.39 is 9.29 Å². The van der Waals surface area contributed by atoms with Crippen molar-refractivity contribution in [3.05, 3.63) is 0 Å². The van der Waals surface area contributed by atoms with E-state index in [0.717, 1.165) is 0 Å². The zero-order valence-corrected chi connectivity index (χ0v) is 2.32. The summed E-state index contributed by atoms with van der Waals surface area (Å²) < 4.78 is 16.8. The third-order valence-corrected chi connectivity index (χ3v) is 0. The minimum atomic E-state index is -1.42. The van der Waals surface area contributed by atoms with E-state index in [0.29, 0.717) is 0 Å². The highest BCUT2D eigenvalue weighted by molar-refractivity contribution is 5.94. The average molecular weight is 116 g/mol. The standard InChI is InChI=1S/Al.Mg.O2Si.5H/c;;1-3-2;;;;;. The van der Waals surface area contributed by atoms with Gasteiger partial charge in [-0.25, -0.2) is 0 Å². The molecule has 0 aromatic carbocycles. The molecule has 0 radical (unpaired) electrons. The summed E-state index contributed by atoms with van der Waals surface area (Å²) in [5.41, 5.74) is 0. The van der Waals surface area contributed by atoms with Gasteiger partial charge < -0.3 is 0 Å². The van der Waals surface area contributed by atoms with Crippen LogP contribution in [0.5, 0.6) is 0 Å². The molecular formula is H5AlMgO2Si. The van der Waals surface area contributed by atoms with Crippen LogP contribution in [0.25, 0.3) is 0 Å². The van der Waals surface area contributed by atoms with Crippen LogP contribution in [0.4, 0.5) is 0 Å². The quantitative estimate of drug-likeness (QED) is 0.322. The number of hydrogen-bond donors (Lipinski definition) is 0. The molecule has 5 heteroatoms. The van der Waals surface area contributed by atoms with E-state index >= 15 is 0 Å². The van der Waals surface area contributed by atoms with Crippen molar-refractivity contribution < 1.29 is 8.92 Å². The maximum absolute atomic E-state index is 8.40. The van der Waals surface area contributed by atoms with E-state index in [-0.39, 0.29) is 40.4 Å². The van der Waals surface area contributed by atoms with Crippen molar-refractivity contribution in [3.63, 3.8) is 0 Å². The molecule has 0 aromatic rings. The molecule has 2 nitrogen and oxygen atoms in total. The summed E-state index contributed by atoms with van der Waals surface area (Å²) in [4.78, 5) is 0. The Morgan fingerprint density at radius 1 is 1.20 bits per heavy atom. The number of hydrogen-bond acceptors (Lipinski definition) is 2. The van der Waals surface area contributed by atoms with Crippen molar-refractivity contribution in [2.45, 2.75) is 0 Å². The Morgan fingerprint density at radius 3 is 1.20 bits per heavy atom.